The van der Waals surface area contributed by atoms with Gasteiger partial charge in [-0.2, -0.15) is 0 Å². The molecule has 27 heavy (non-hydrogen) atoms. The van der Waals surface area contributed by atoms with Crippen LogP contribution in [0.4, 0.5) is 5.69 Å². The summed E-state index contributed by atoms with van der Waals surface area (Å²) in [5.74, 6) is -0.265. The van der Waals surface area contributed by atoms with Crippen molar-refractivity contribution in [1.82, 2.24) is 4.90 Å². The number of likely N-dealkylation sites (N-methyl/N-ethyl adjacent to an activating group) is 1. The topological polar surface area (TPSA) is 40.6 Å². The summed E-state index contributed by atoms with van der Waals surface area (Å²) in [5.41, 5.74) is 5.26. The number of hydrogen-bond acceptors (Lipinski definition) is 4. The van der Waals surface area contributed by atoms with Crippen molar-refractivity contribution in [2.75, 3.05) is 11.4 Å². The van der Waals surface area contributed by atoms with Gasteiger partial charge in [0.2, 0.25) is 0 Å². The number of thiocarbonyl (C=S) groups is 1. The number of aryl methyl sites for hydroxylation is 1. The third-order valence-electron chi connectivity index (χ3n) is 5.45. The highest BCUT2D eigenvalue weighted by Gasteiger charge is 2.48. The zero-order valence-corrected chi connectivity index (χ0v) is 17.8. The molecular weight excluding hydrogens is 376 g/mol. The van der Waals surface area contributed by atoms with Gasteiger partial charge in [0.25, 0.3) is 11.8 Å². The number of nitrogens with zero attached hydrogens (tertiary/aromatic N) is 2. The summed E-state index contributed by atoms with van der Waals surface area (Å²) < 4.78 is 0.521. The van der Waals surface area contributed by atoms with Crippen LogP contribution in [0, 0.1) is 0 Å². The predicted octanol–water partition coefficient (Wildman–Crippen LogP) is 4.38. The van der Waals surface area contributed by atoms with E-state index < -0.39 is 5.54 Å². The third kappa shape index (κ3) is 2.46. The maximum absolute atomic E-state index is 13.5. The molecule has 3 aliphatic rings. The molecule has 0 aromatic heterocycles. The van der Waals surface area contributed by atoms with Gasteiger partial charge in [-0.1, -0.05) is 37.0 Å². The molecule has 3 aliphatic heterocycles. The third-order valence-corrected chi connectivity index (χ3v) is 6.90. The first-order chi connectivity index (χ1) is 12.7. The average Bonchev–Trinajstić information content (AvgIpc) is 3.05. The Hall–Kier alpha value is -1.92. The van der Waals surface area contributed by atoms with E-state index in [-0.39, 0.29) is 11.8 Å². The van der Waals surface area contributed by atoms with Crippen LogP contribution < -0.4 is 4.90 Å². The first kappa shape index (κ1) is 18.4. The second-order valence-electron chi connectivity index (χ2n) is 7.64. The van der Waals surface area contributed by atoms with E-state index >= 15 is 0 Å². The number of allylic oxidation sites excluding steroid dienone is 1. The van der Waals surface area contributed by atoms with Crippen molar-refractivity contribution in [1.29, 1.82) is 0 Å². The van der Waals surface area contributed by atoms with E-state index in [4.69, 9.17) is 12.2 Å². The summed E-state index contributed by atoms with van der Waals surface area (Å²) in [6, 6.07) is 4.24. The Balaban J connectivity index is 2.04. The summed E-state index contributed by atoms with van der Waals surface area (Å²) in [4.78, 5) is 30.4. The van der Waals surface area contributed by atoms with Gasteiger partial charge in [0.15, 0.2) is 0 Å². The van der Waals surface area contributed by atoms with E-state index in [1.54, 1.807) is 4.90 Å². The number of carbonyl (C=O) groups is 2. The molecule has 3 heterocycles. The molecule has 140 valence electrons. The second kappa shape index (κ2) is 6.04. The fraction of sp³-hybridized carbons (Fsp3) is 0.381. The largest absolute Gasteiger partial charge is 0.298 e. The number of amides is 2. The summed E-state index contributed by atoms with van der Waals surface area (Å²) >= 11 is 6.62. The molecule has 2 amide bonds. The van der Waals surface area contributed by atoms with Gasteiger partial charge < -0.3 is 0 Å². The molecule has 0 radical (unpaired) electrons. The number of benzene rings is 1. The van der Waals surface area contributed by atoms with E-state index in [1.807, 2.05) is 25.7 Å². The lowest BCUT2D eigenvalue weighted by atomic mass is 9.87. The first-order valence-electron chi connectivity index (χ1n) is 9.20. The molecule has 1 aromatic rings. The number of hydrogen-bond donors (Lipinski definition) is 0. The molecule has 0 atom stereocenters. The predicted molar refractivity (Wildman–Crippen MR) is 116 cm³/mol. The quantitative estimate of drug-likeness (QED) is 0.547. The van der Waals surface area contributed by atoms with Crippen LogP contribution in [0.2, 0.25) is 0 Å². The molecular formula is C21H22N2O2S2. The zero-order valence-electron chi connectivity index (χ0n) is 16.2. The van der Waals surface area contributed by atoms with Crippen molar-refractivity contribution in [2.24, 2.45) is 0 Å². The van der Waals surface area contributed by atoms with Crippen molar-refractivity contribution >= 4 is 56.9 Å². The van der Waals surface area contributed by atoms with Crippen LogP contribution in [0.25, 0.3) is 11.1 Å². The minimum absolute atomic E-state index is 0.107. The minimum atomic E-state index is -0.448. The molecule has 0 unspecified atom stereocenters. The van der Waals surface area contributed by atoms with E-state index in [2.05, 4.69) is 32.1 Å². The molecule has 4 nitrogen and oxygen atoms in total. The van der Waals surface area contributed by atoms with Crippen LogP contribution in [0.1, 0.15) is 51.3 Å². The van der Waals surface area contributed by atoms with Gasteiger partial charge >= 0.3 is 0 Å². The molecule has 0 aliphatic carbocycles. The Morgan fingerprint density at radius 1 is 1.11 bits per heavy atom. The Morgan fingerprint density at radius 2 is 1.78 bits per heavy atom. The van der Waals surface area contributed by atoms with Gasteiger partial charge in [0.05, 0.1) is 21.7 Å². The van der Waals surface area contributed by atoms with E-state index in [0.29, 0.717) is 21.3 Å². The molecule has 1 fully saturated rings. The van der Waals surface area contributed by atoms with Crippen LogP contribution in [0.15, 0.2) is 23.1 Å². The lowest BCUT2D eigenvalue weighted by Gasteiger charge is -2.38. The molecule has 0 N–H and O–H groups in total. The van der Waals surface area contributed by atoms with Crippen LogP contribution in [-0.2, 0) is 16.0 Å². The summed E-state index contributed by atoms with van der Waals surface area (Å²) in [7, 11) is 0. The maximum atomic E-state index is 13.5. The van der Waals surface area contributed by atoms with Gasteiger partial charge in [0, 0.05) is 17.7 Å². The van der Waals surface area contributed by atoms with Gasteiger partial charge in [-0.25, -0.2) is 0 Å². The van der Waals surface area contributed by atoms with E-state index in [9.17, 15) is 9.59 Å². The van der Waals surface area contributed by atoms with Crippen molar-refractivity contribution in [2.45, 2.75) is 46.6 Å². The Labute approximate surface area is 169 Å². The van der Waals surface area contributed by atoms with Crippen LogP contribution >= 0.6 is 24.0 Å². The van der Waals surface area contributed by atoms with Crippen LogP contribution in [-0.4, -0.2) is 33.1 Å². The summed E-state index contributed by atoms with van der Waals surface area (Å²) in [6.45, 7) is 10.7. The van der Waals surface area contributed by atoms with Gasteiger partial charge in [-0.15, -0.1) is 0 Å². The van der Waals surface area contributed by atoms with Crippen molar-refractivity contribution in [3.05, 3.63) is 39.8 Å². The second-order valence-corrected chi connectivity index (χ2v) is 9.28. The molecule has 4 rings (SSSR count). The molecule has 0 spiro atoms. The molecule has 0 saturated carbocycles. The Bertz CT molecular complexity index is 988. The smallest absolute Gasteiger partial charge is 0.266 e. The fourth-order valence-electron chi connectivity index (χ4n) is 4.22. The molecule has 1 saturated heterocycles. The molecule has 6 heteroatoms. The number of thioether (sulfide) groups is 1. The normalized spacial score (nSPS) is 23.3. The van der Waals surface area contributed by atoms with Crippen LogP contribution in [0.5, 0.6) is 0 Å². The average molecular weight is 399 g/mol. The number of rotatable bonds is 2. The highest BCUT2D eigenvalue weighted by molar-refractivity contribution is 8.26. The lowest BCUT2D eigenvalue weighted by molar-refractivity contribution is -0.122. The Morgan fingerprint density at radius 3 is 2.37 bits per heavy atom. The van der Waals surface area contributed by atoms with Crippen molar-refractivity contribution in [3.8, 4) is 0 Å². The highest BCUT2D eigenvalue weighted by atomic mass is 32.2. The minimum Gasteiger partial charge on any atom is -0.298 e. The zero-order chi connectivity index (χ0) is 19.7. The van der Waals surface area contributed by atoms with Crippen molar-refractivity contribution in [3.63, 3.8) is 0 Å². The maximum Gasteiger partial charge on any atom is 0.266 e. The summed E-state index contributed by atoms with van der Waals surface area (Å²) in [6.07, 6.45) is 3.00. The first-order valence-corrected chi connectivity index (χ1v) is 10.4. The monoisotopic (exact) mass is 398 g/mol. The molecule has 0 bridgehead atoms. The Kier molecular flexibility index (Phi) is 4.13. The van der Waals surface area contributed by atoms with Crippen LogP contribution in [0.3, 0.4) is 0 Å². The van der Waals surface area contributed by atoms with E-state index in [0.717, 1.165) is 34.4 Å². The van der Waals surface area contributed by atoms with Gasteiger partial charge in [-0.3, -0.25) is 19.4 Å². The van der Waals surface area contributed by atoms with Gasteiger partial charge in [-0.05, 0) is 57.4 Å². The molecule has 1 aromatic carbocycles. The SMILES string of the molecule is CCc1cc2c3c(c1)/C(=C1\SC(=S)N(CC)C1=O)C(=O)N3C(C)(C)C=C2C. The highest BCUT2D eigenvalue weighted by Crippen LogP contribution is 2.52. The summed E-state index contributed by atoms with van der Waals surface area (Å²) in [5, 5.41) is 0. The fourth-order valence-corrected chi connectivity index (χ4v) is 5.68. The van der Waals surface area contributed by atoms with Crippen molar-refractivity contribution < 1.29 is 9.59 Å². The number of carbonyl (C=O) groups excluding carboxylic acids is 2. The lowest BCUT2D eigenvalue weighted by Crippen LogP contribution is -2.46. The number of anilines is 1. The standard InChI is InChI=1S/C21H22N2O2S2/c1-6-12-8-13-11(3)10-21(4,5)23-16(13)14(9-12)15(18(23)24)17-19(25)22(7-2)20(26)27-17/h8-10H,6-7H2,1-5H3/b17-15+. The van der Waals surface area contributed by atoms with Gasteiger partial charge in [0.1, 0.15) is 4.32 Å². The van der Waals surface area contributed by atoms with E-state index in [1.165, 1.54) is 11.8 Å².